The molecule has 0 saturated carbocycles. The molecule has 0 aliphatic carbocycles. The smallest absolute Gasteiger partial charge is 0.209 e. The molecule has 0 fully saturated rings. The summed E-state index contributed by atoms with van der Waals surface area (Å²) < 4.78 is 27.2. The van der Waals surface area contributed by atoms with Crippen molar-refractivity contribution in [2.45, 2.75) is 13.1 Å². The van der Waals surface area contributed by atoms with Gasteiger partial charge in [-0.3, -0.25) is 4.68 Å². The first-order valence-corrected chi connectivity index (χ1v) is 9.51. The molecule has 0 unspecified atom stereocenters. The van der Waals surface area contributed by atoms with E-state index in [2.05, 4.69) is 9.82 Å². The van der Waals surface area contributed by atoms with Gasteiger partial charge < -0.3 is 0 Å². The number of hydrogen-bond acceptors (Lipinski definition) is 3. The minimum atomic E-state index is -3.26. The summed E-state index contributed by atoms with van der Waals surface area (Å²) in [5.74, 6) is 0. The second-order valence-electron chi connectivity index (χ2n) is 5.65. The molecule has 1 aromatic heterocycles. The molecule has 0 aliphatic heterocycles. The Kier molecular flexibility index (Phi) is 4.78. The number of nitrogens with zero attached hydrogens (tertiary/aromatic N) is 2. The van der Waals surface area contributed by atoms with Gasteiger partial charge in [-0.2, -0.15) is 5.10 Å². The van der Waals surface area contributed by atoms with Crippen LogP contribution in [0.2, 0.25) is 0 Å². The van der Waals surface area contributed by atoms with E-state index in [9.17, 15) is 8.42 Å². The second-order valence-corrected chi connectivity index (χ2v) is 7.48. The normalized spacial score (nSPS) is 11.5. The molecule has 124 valence electrons. The molecule has 0 bridgehead atoms. The highest BCUT2D eigenvalue weighted by Crippen LogP contribution is 2.22. The predicted octanol–water partition coefficient (Wildman–Crippen LogP) is 2.65. The molecular formula is C18H19N3O2S. The molecule has 1 N–H and O–H groups in total. The standard InChI is InChI=1S/C18H19N3O2S/c1-24(22,23)19-12-17-14-21(13-15-8-4-2-5-9-15)20-18(17)16-10-6-3-7-11-16/h2-11,14,19H,12-13H2,1H3. The van der Waals surface area contributed by atoms with Crippen LogP contribution in [-0.4, -0.2) is 24.5 Å². The third kappa shape index (κ3) is 4.31. The zero-order valence-electron chi connectivity index (χ0n) is 13.4. The van der Waals surface area contributed by atoms with E-state index >= 15 is 0 Å². The molecule has 0 amide bonds. The monoisotopic (exact) mass is 341 g/mol. The fourth-order valence-corrected chi connectivity index (χ4v) is 2.91. The number of nitrogens with one attached hydrogen (secondary N) is 1. The molecule has 5 nitrogen and oxygen atoms in total. The van der Waals surface area contributed by atoms with Crippen LogP contribution in [0.4, 0.5) is 0 Å². The van der Waals surface area contributed by atoms with Gasteiger partial charge in [-0.05, 0) is 5.56 Å². The van der Waals surface area contributed by atoms with Crippen molar-refractivity contribution in [2.75, 3.05) is 6.26 Å². The zero-order chi connectivity index (χ0) is 17.0. The van der Waals surface area contributed by atoms with Gasteiger partial charge in [-0.1, -0.05) is 60.7 Å². The van der Waals surface area contributed by atoms with Gasteiger partial charge in [-0.25, -0.2) is 13.1 Å². The molecule has 0 atom stereocenters. The van der Waals surface area contributed by atoms with E-state index in [4.69, 9.17) is 0 Å². The Morgan fingerprint density at radius 1 is 1.00 bits per heavy atom. The van der Waals surface area contributed by atoms with Gasteiger partial charge in [0.2, 0.25) is 10.0 Å². The lowest BCUT2D eigenvalue weighted by atomic mass is 10.1. The first-order valence-electron chi connectivity index (χ1n) is 7.61. The Morgan fingerprint density at radius 3 is 2.25 bits per heavy atom. The van der Waals surface area contributed by atoms with Crippen LogP contribution < -0.4 is 4.72 Å². The van der Waals surface area contributed by atoms with Gasteiger partial charge in [0.15, 0.2) is 0 Å². The maximum Gasteiger partial charge on any atom is 0.209 e. The summed E-state index contributed by atoms with van der Waals surface area (Å²) in [7, 11) is -3.26. The quantitative estimate of drug-likeness (QED) is 0.750. The molecule has 0 aliphatic rings. The number of benzene rings is 2. The summed E-state index contributed by atoms with van der Waals surface area (Å²) in [6.07, 6.45) is 3.05. The van der Waals surface area contributed by atoms with Crippen LogP contribution >= 0.6 is 0 Å². The summed E-state index contributed by atoms with van der Waals surface area (Å²) in [6, 6.07) is 19.8. The van der Waals surface area contributed by atoms with E-state index < -0.39 is 10.0 Å². The van der Waals surface area contributed by atoms with Crippen LogP contribution in [0, 0.1) is 0 Å². The number of aromatic nitrogens is 2. The summed E-state index contributed by atoms with van der Waals surface area (Å²) in [5.41, 5.74) is 3.75. The minimum Gasteiger partial charge on any atom is -0.267 e. The lowest BCUT2D eigenvalue weighted by Gasteiger charge is -2.03. The largest absolute Gasteiger partial charge is 0.267 e. The van der Waals surface area contributed by atoms with E-state index in [1.165, 1.54) is 0 Å². The highest BCUT2D eigenvalue weighted by atomic mass is 32.2. The molecule has 1 heterocycles. The summed E-state index contributed by atoms with van der Waals surface area (Å²) in [5, 5.41) is 4.66. The molecule has 6 heteroatoms. The fourth-order valence-electron chi connectivity index (χ4n) is 2.49. The van der Waals surface area contributed by atoms with Gasteiger partial charge >= 0.3 is 0 Å². The van der Waals surface area contributed by atoms with Crippen molar-refractivity contribution in [3.63, 3.8) is 0 Å². The van der Waals surface area contributed by atoms with Crippen molar-refractivity contribution >= 4 is 10.0 Å². The fraction of sp³-hybridized carbons (Fsp3) is 0.167. The average molecular weight is 341 g/mol. The maximum atomic E-state index is 11.4. The SMILES string of the molecule is CS(=O)(=O)NCc1cn(Cc2ccccc2)nc1-c1ccccc1. The van der Waals surface area contributed by atoms with Crippen LogP contribution in [0.3, 0.4) is 0 Å². The van der Waals surface area contributed by atoms with Crippen LogP contribution in [-0.2, 0) is 23.1 Å². The number of sulfonamides is 1. The molecular weight excluding hydrogens is 322 g/mol. The van der Waals surface area contributed by atoms with E-state index in [1.807, 2.05) is 71.5 Å². The Balaban J connectivity index is 1.93. The first-order chi connectivity index (χ1) is 11.5. The Morgan fingerprint density at radius 2 is 1.62 bits per heavy atom. The second kappa shape index (κ2) is 6.98. The highest BCUT2D eigenvalue weighted by molar-refractivity contribution is 7.88. The van der Waals surface area contributed by atoms with Gasteiger partial charge in [-0.15, -0.1) is 0 Å². The van der Waals surface area contributed by atoms with Gasteiger partial charge in [0.25, 0.3) is 0 Å². The molecule has 0 saturated heterocycles. The van der Waals surface area contributed by atoms with Crippen LogP contribution in [0.1, 0.15) is 11.1 Å². The van der Waals surface area contributed by atoms with E-state index in [0.717, 1.165) is 28.6 Å². The summed E-state index contributed by atoms with van der Waals surface area (Å²) >= 11 is 0. The Bertz CT molecular complexity index is 904. The molecule has 2 aromatic carbocycles. The van der Waals surface area contributed by atoms with Gasteiger partial charge in [0.05, 0.1) is 18.5 Å². The van der Waals surface area contributed by atoms with Crippen molar-refractivity contribution in [3.05, 3.63) is 78.0 Å². The third-order valence-electron chi connectivity index (χ3n) is 3.60. The van der Waals surface area contributed by atoms with Gasteiger partial charge in [0, 0.05) is 23.9 Å². The summed E-state index contributed by atoms with van der Waals surface area (Å²) in [6.45, 7) is 0.859. The zero-order valence-corrected chi connectivity index (χ0v) is 14.2. The lowest BCUT2D eigenvalue weighted by molar-refractivity contribution is 0.587. The predicted molar refractivity (Wildman–Crippen MR) is 94.9 cm³/mol. The van der Waals surface area contributed by atoms with Crippen molar-refractivity contribution in [1.29, 1.82) is 0 Å². The van der Waals surface area contributed by atoms with E-state index in [-0.39, 0.29) is 6.54 Å². The van der Waals surface area contributed by atoms with Crippen molar-refractivity contribution < 1.29 is 8.42 Å². The average Bonchev–Trinajstić information content (AvgIpc) is 2.97. The Hall–Kier alpha value is -2.44. The topological polar surface area (TPSA) is 64.0 Å². The van der Waals surface area contributed by atoms with Crippen molar-refractivity contribution in [3.8, 4) is 11.3 Å². The van der Waals surface area contributed by atoms with E-state index in [1.54, 1.807) is 0 Å². The molecule has 0 radical (unpaired) electrons. The van der Waals surface area contributed by atoms with Crippen LogP contribution in [0.15, 0.2) is 66.9 Å². The number of hydrogen-bond donors (Lipinski definition) is 1. The molecule has 24 heavy (non-hydrogen) atoms. The van der Waals surface area contributed by atoms with Gasteiger partial charge in [0.1, 0.15) is 0 Å². The number of rotatable bonds is 6. The van der Waals surface area contributed by atoms with E-state index in [0.29, 0.717) is 6.54 Å². The van der Waals surface area contributed by atoms with Crippen LogP contribution in [0.5, 0.6) is 0 Å². The molecule has 3 rings (SSSR count). The third-order valence-corrected chi connectivity index (χ3v) is 4.27. The summed E-state index contributed by atoms with van der Waals surface area (Å²) in [4.78, 5) is 0. The van der Waals surface area contributed by atoms with Crippen LogP contribution in [0.25, 0.3) is 11.3 Å². The first kappa shape index (κ1) is 16.4. The highest BCUT2D eigenvalue weighted by Gasteiger charge is 2.13. The van der Waals surface area contributed by atoms with Crippen molar-refractivity contribution in [2.24, 2.45) is 0 Å². The maximum absolute atomic E-state index is 11.4. The Labute approximate surface area is 142 Å². The molecule has 3 aromatic rings. The lowest BCUT2D eigenvalue weighted by Crippen LogP contribution is -2.21. The minimum absolute atomic E-state index is 0.220. The van der Waals surface area contributed by atoms with Crippen molar-refractivity contribution in [1.82, 2.24) is 14.5 Å². The molecule has 0 spiro atoms.